The third-order valence-corrected chi connectivity index (χ3v) is 2.84. The van der Waals surface area contributed by atoms with E-state index in [1.807, 2.05) is 4.68 Å². The van der Waals surface area contributed by atoms with Crippen LogP contribution in [0.2, 0.25) is 0 Å². The minimum atomic E-state index is -0.116. The predicted molar refractivity (Wildman–Crippen MR) is 67.7 cm³/mol. The van der Waals surface area contributed by atoms with E-state index in [-0.39, 0.29) is 5.60 Å². The van der Waals surface area contributed by atoms with Crippen LogP contribution < -0.4 is 5.32 Å². The summed E-state index contributed by atoms with van der Waals surface area (Å²) in [7, 11) is 1.74. The fourth-order valence-electron chi connectivity index (χ4n) is 1.38. The summed E-state index contributed by atoms with van der Waals surface area (Å²) in [5.41, 5.74) is -0.116. The van der Waals surface area contributed by atoms with Gasteiger partial charge in [0.15, 0.2) is 0 Å². The van der Waals surface area contributed by atoms with Gasteiger partial charge in [-0.25, -0.2) is 9.67 Å². The molecule has 1 aromatic heterocycles. The van der Waals surface area contributed by atoms with E-state index in [2.05, 4.69) is 43.1 Å². The zero-order valence-electron chi connectivity index (χ0n) is 11.5. The van der Waals surface area contributed by atoms with Crippen LogP contribution in [0.5, 0.6) is 0 Å². The first-order valence-corrected chi connectivity index (χ1v) is 6.10. The zero-order valence-corrected chi connectivity index (χ0v) is 11.5. The maximum absolute atomic E-state index is 5.40. The molecule has 0 amide bonds. The number of aryl methyl sites for hydroxylation is 1. The molecule has 0 spiro atoms. The van der Waals surface area contributed by atoms with Crippen LogP contribution in [0.4, 0.5) is 0 Å². The summed E-state index contributed by atoms with van der Waals surface area (Å²) in [6.07, 6.45) is 2.53. The lowest BCUT2D eigenvalue weighted by Gasteiger charge is -2.22. The molecule has 17 heavy (non-hydrogen) atoms. The average molecular weight is 240 g/mol. The van der Waals surface area contributed by atoms with Gasteiger partial charge < -0.3 is 10.1 Å². The van der Waals surface area contributed by atoms with Gasteiger partial charge in [0.05, 0.1) is 12.1 Å². The summed E-state index contributed by atoms with van der Waals surface area (Å²) in [5.74, 6) is 0.977. The van der Waals surface area contributed by atoms with Crippen molar-refractivity contribution in [1.29, 1.82) is 0 Å². The highest BCUT2D eigenvalue weighted by Gasteiger charge is 2.17. The van der Waals surface area contributed by atoms with Crippen LogP contribution in [0.15, 0.2) is 6.33 Å². The van der Waals surface area contributed by atoms with Gasteiger partial charge in [-0.2, -0.15) is 5.10 Å². The van der Waals surface area contributed by atoms with Gasteiger partial charge in [0.25, 0.3) is 0 Å². The van der Waals surface area contributed by atoms with Crippen molar-refractivity contribution in [2.24, 2.45) is 0 Å². The first-order valence-electron chi connectivity index (χ1n) is 6.10. The molecule has 0 aromatic carbocycles. The number of nitrogens with zero attached hydrogens (tertiary/aromatic N) is 3. The average Bonchev–Trinajstić information content (AvgIpc) is 2.71. The largest absolute Gasteiger partial charge is 0.379 e. The summed E-state index contributed by atoms with van der Waals surface area (Å²) in [4.78, 5) is 4.26. The maximum atomic E-state index is 5.40. The van der Waals surface area contributed by atoms with Gasteiger partial charge >= 0.3 is 0 Å². The first-order chi connectivity index (χ1) is 7.94. The zero-order chi connectivity index (χ0) is 12.9. The van der Waals surface area contributed by atoms with Crippen molar-refractivity contribution < 1.29 is 4.74 Å². The Morgan fingerprint density at radius 1 is 1.47 bits per heavy atom. The summed E-state index contributed by atoms with van der Waals surface area (Å²) in [5, 5.41) is 7.59. The summed E-state index contributed by atoms with van der Waals surface area (Å²) in [6, 6.07) is 0.454. The molecule has 5 nitrogen and oxygen atoms in total. The lowest BCUT2D eigenvalue weighted by Crippen LogP contribution is -2.27. The van der Waals surface area contributed by atoms with Gasteiger partial charge in [-0.15, -0.1) is 0 Å². The highest BCUT2D eigenvalue weighted by atomic mass is 16.5. The van der Waals surface area contributed by atoms with Crippen LogP contribution in [0.25, 0.3) is 0 Å². The van der Waals surface area contributed by atoms with Crippen LogP contribution >= 0.6 is 0 Å². The summed E-state index contributed by atoms with van der Waals surface area (Å²) in [6.45, 7) is 9.98. The molecule has 0 aliphatic heterocycles. The van der Waals surface area contributed by atoms with Crippen molar-refractivity contribution in [2.45, 2.75) is 58.8 Å². The lowest BCUT2D eigenvalue weighted by atomic mass is 10.1. The smallest absolute Gasteiger partial charge is 0.140 e. The third-order valence-electron chi connectivity index (χ3n) is 2.84. The van der Waals surface area contributed by atoms with Crippen molar-refractivity contribution in [1.82, 2.24) is 20.1 Å². The van der Waals surface area contributed by atoms with Gasteiger partial charge in [0.2, 0.25) is 0 Å². The molecule has 1 aromatic rings. The highest BCUT2D eigenvalue weighted by molar-refractivity contribution is 4.85. The molecular formula is C12H24N4O. The van der Waals surface area contributed by atoms with E-state index in [0.29, 0.717) is 6.04 Å². The second-order valence-electron chi connectivity index (χ2n) is 5.15. The Bertz CT molecular complexity index is 333. The topological polar surface area (TPSA) is 52.0 Å². The Labute approximate surface area is 104 Å². The molecule has 1 rings (SSSR count). The van der Waals surface area contributed by atoms with Gasteiger partial charge in [-0.3, -0.25) is 0 Å². The molecule has 0 saturated heterocycles. The van der Waals surface area contributed by atoms with E-state index in [1.165, 1.54) is 0 Å². The van der Waals surface area contributed by atoms with E-state index in [0.717, 1.165) is 25.3 Å². The van der Waals surface area contributed by atoms with Crippen LogP contribution in [0.3, 0.4) is 0 Å². The number of rotatable bonds is 7. The minimum absolute atomic E-state index is 0.116. The standard InChI is InChI=1S/C12H24N4O/c1-10(2)13-8-11-14-9-15-16(11)7-6-12(3,4)17-5/h9-10,13H,6-8H2,1-5H3. The van der Waals surface area contributed by atoms with Crippen molar-refractivity contribution in [3.63, 3.8) is 0 Å². The molecule has 1 N–H and O–H groups in total. The predicted octanol–water partition coefficient (Wildman–Crippen LogP) is 1.59. The SMILES string of the molecule is COC(C)(C)CCn1ncnc1CNC(C)C. The molecule has 0 aliphatic carbocycles. The molecule has 0 bridgehead atoms. The van der Waals surface area contributed by atoms with Gasteiger partial charge in [-0.1, -0.05) is 13.8 Å². The van der Waals surface area contributed by atoms with E-state index in [9.17, 15) is 0 Å². The second kappa shape index (κ2) is 6.12. The molecule has 0 aliphatic rings. The molecule has 5 heteroatoms. The van der Waals surface area contributed by atoms with Crippen LogP contribution in [-0.2, 0) is 17.8 Å². The molecule has 0 fully saturated rings. The summed E-state index contributed by atoms with van der Waals surface area (Å²) < 4.78 is 7.34. The third kappa shape index (κ3) is 4.83. The molecule has 0 unspecified atom stereocenters. The highest BCUT2D eigenvalue weighted by Crippen LogP contribution is 2.14. The molecule has 0 radical (unpaired) electrons. The summed E-state index contributed by atoms with van der Waals surface area (Å²) >= 11 is 0. The Balaban J connectivity index is 2.51. The Kier molecular flexibility index (Phi) is 5.08. The van der Waals surface area contributed by atoms with Crippen molar-refractivity contribution in [2.75, 3.05) is 7.11 Å². The molecule has 0 saturated carbocycles. The van der Waals surface area contributed by atoms with Gasteiger partial charge in [-0.05, 0) is 20.3 Å². The normalized spacial score (nSPS) is 12.4. The van der Waals surface area contributed by atoms with E-state index < -0.39 is 0 Å². The Morgan fingerprint density at radius 3 is 2.76 bits per heavy atom. The minimum Gasteiger partial charge on any atom is -0.379 e. The van der Waals surface area contributed by atoms with Crippen molar-refractivity contribution >= 4 is 0 Å². The van der Waals surface area contributed by atoms with E-state index in [1.54, 1.807) is 13.4 Å². The molecule has 98 valence electrons. The fraction of sp³-hybridized carbons (Fsp3) is 0.833. The number of hydrogen-bond acceptors (Lipinski definition) is 4. The van der Waals surface area contributed by atoms with E-state index >= 15 is 0 Å². The Hall–Kier alpha value is -0.940. The quantitative estimate of drug-likeness (QED) is 0.786. The van der Waals surface area contributed by atoms with Gasteiger partial charge in [0, 0.05) is 19.7 Å². The van der Waals surface area contributed by atoms with Crippen LogP contribution in [-0.4, -0.2) is 33.5 Å². The molecule has 0 atom stereocenters. The fourth-order valence-corrected chi connectivity index (χ4v) is 1.38. The van der Waals surface area contributed by atoms with Crippen LogP contribution in [0.1, 0.15) is 39.9 Å². The monoisotopic (exact) mass is 240 g/mol. The van der Waals surface area contributed by atoms with Crippen LogP contribution in [0, 0.1) is 0 Å². The number of aromatic nitrogens is 3. The number of nitrogens with one attached hydrogen (secondary N) is 1. The maximum Gasteiger partial charge on any atom is 0.140 e. The molecular weight excluding hydrogens is 216 g/mol. The second-order valence-corrected chi connectivity index (χ2v) is 5.15. The molecule has 1 heterocycles. The first kappa shape index (κ1) is 14.1. The van der Waals surface area contributed by atoms with Crippen molar-refractivity contribution in [3.05, 3.63) is 12.2 Å². The van der Waals surface area contributed by atoms with E-state index in [4.69, 9.17) is 4.74 Å². The Morgan fingerprint density at radius 2 is 2.18 bits per heavy atom. The number of methoxy groups -OCH3 is 1. The lowest BCUT2D eigenvalue weighted by molar-refractivity contribution is 0.0111. The van der Waals surface area contributed by atoms with Crippen molar-refractivity contribution in [3.8, 4) is 0 Å². The number of hydrogen-bond donors (Lipinski definition) is 1. The number of ether oxygens (including phenoxy) is 1. The van der Waals surface area contributed by atoms with Gasteiger partial charge in [0.1, 0.15) is 12.2 Å².